The second-order valence-corrected chi connectivity index (χ2v) is 2.65. The Balaban J connectivity index is 2.94. The van der Waals surface area contributed by atoms with Crippen LogP contribution < -0.4 is 0 Å². The maximum absolute atomic E-state index is 4.22. The third-order valence-electron chi connectivity index (χ3n) is 1.77. The molecule has 0 bridgehead atoms. The highest BCUT2D eigenvalue weighted by Crippen LogP contribution is 2.06. The number of fused-ring (bicyclic) bond motifs is 1. The molecule has 11 heavy (non-hydrogen) atoms. The first kappa shape index (κ1) is 6.34. The van der Waals surface area contributed by atoms with Crippen molar-refractivity contribution in [1.82, 2.24) is 14.6 Å². The van der Waals surface area contributed by atoms with Crippen LogP contribution in [0.15, 0.2) is 18.5 Å². The lowest BCUT2D eigenvalue weighted by molar-refractivity contribution is 0.893. The lowest BCUT2D eigenvalue weighted by Crippen LogP contribution is -1.93. The van der Waals surface area contributed by atoms with Gasteiger partial charge in [0.05, 0.1) is 11.9 Å². The van der Waals surface area contributed by atoms with Gasteiger partial charge in [-0.3, -0.25) is 0 Å². The van der Waals surface area contributed by atoms with Crippen molar-refractivity contribution in [1.29, 1.82) is 0 Å². The number of hydrogen-bond donors (Lipinski definition) is 0. The lowest BCUT2D eigenvalue weighted by Gasteiger charge is -1.95. The van der Waals surface area contributed by atoms with E-state index in [-0.39, 0.29) is 0 Å². The van der Waals surface area contributed by atoms with Gasteiger partial charge >= 0.3 is 0 Å². The molecule has 3 nitrogen and oxygen atoms in total. The van der Waals surface area contributed by atoms with E-state index in [0.29, 0.717) is 0 Å². The van der Waals surface area contributed by atoms with Gasteiger partial charge in [0, 0.05) is 6.20 Å². The molecule has 0 saturated heterocycles. The van der Waals surface area contributed by atoms with E-state index in [9.17, 15) is 0 Å². The normalized spacial score (nSPS) is 10.7. The third kappa shape index (κ3) is 0.808. The van der Waals surface area contributed by atoms with Crippen LogP contribution in [-0.4, -0.2) is 14.6 Å². The summed E-state index contributed by atoms with van der Waals surface area (Å²) >= 11 is 0. The molecule has 3 heteroatoms. The summed E-state index contributed by atoms with van der Waals surface area (Å²) < 4.78 is 1.84. The largest absolute Gasteiger partial charge is 0.235 e. The molecule has 0 aliphatic carbocycles. The summed E-state index contributed by atoms with van der Waals surface area (Å²) in [6.07, 6.45) is 3.62. The highest BCUT2D eigenvalue weighted by Gasteiger charge is 2.00. The molecule has 0 N–H and O–H groups in total. The molecule has 0 amide bonds. The molecule has 0 unspecified atom stereocenters. The number of hydrogen-bond acceptors (Lipinski definition) is 2. The fourth-order valence-electron chi connectivity index (χ4n) is 1.13. The van der Waals surface area contributed by atoms with Crippen LogP contribution in [0.2, 0.25) is 0 Å². The molecule has 0 radical (unpaired) electrons. The van der Waals surface area contributed by atoms with Gasteiger partial charge in [0.25, 0.3) is 0 Å². The first-order valence-electron chi connectivity index (χ1n) is 3.55. The Morgan fingerprint density at radius 1 is 1.36 bits per heavy atom. The molecule has 0 aromatic carbocycles. The highest BCUT2D eigenvalue weighted by atomic mass is 15.2. The maximum Gasteiger partial charge on any atom is 0.156 e. The van der Waals surface area contributed by atoms with E-state index in [0.717, 1.165) is 16.9 Å². The minimum atomic E-state index is 0.949. The maximum atomic E-state index is 4.22. The van der Waals surface area contributed by atoms with Crippen LogP contribution >= 0.6 is 0 Å². The minimum Gasteiger partial charge on any atom is -0.235 e. The molecule has 0 atom stereocenters. The Morgan fingerprint density at radius 3 is 2.91 bits per heavy atom. The summed E-state index contributed by atoms with van der Waals surface area (Å²) in [6.45, 7) is 4.02. The summed E-state index contributed by atoms with van der Waals surface area (Å²) in [5.74, 6) is 0. The second-order valence-electron chi connectivity index (χ2n) is 2.65. The third-order valence-corrected chi connectivity index (χ3v) is 1.77. The van der Waals surface area contributed by atoms with E-state index in [1.807, 2.05) is 30.6 Å². The molecule has 2 aromatic rings. The quantitative estimate of drug-likeness (QED) is 0.563. The van der Waals surface area contributed by atoms with Crippen LogP contribution in [0.5, 0.6) is 0 Å². The summed E-state index contributed by atoms with van der Waals surface area (Å²) in [5.41, 5.74) is 3.18. The summed E-state index contributed by atoms with van der Waals surface area (Å²) in [7, 11) is 0. The van der Waals surface area contributed by atoms with Gasteiger partial charge in [-0.25, -0.2) is 9.50 Å². The Morgan fingerprint density at radius 2 is 2.18 bits per heavy atom. The van der Waals surface area contributed by atoms with Gasteiger partial charge in [0.2, 0.25) is 0 Å². The SMILES string of the molecule is Cc1ccnn2c(C)cnc12. The Kier molecular flexibility index (Phi) is 1.18. The summed E-state index contributed by atoms with van der Waals surface area (Å²) in [4.78, 5) is 4.22. The van der Waals surface area contributed by atoms with Gasteiger partial charge in [0.1, 0.15) is 0 Å². The average molecular weight is 147 g/mol. The Hall–Kier alpha value is -1.38. The van der Waals surface area contributed by atoms with Crippen molar-refractivity contribution in [3.05, 3.63) is 29.7 Å². The monoisotopic (exact) mass is 147 g/mol. The molecule has 0 spiro atoms. The van der Waals surface area contributed by atoms with Crippen molar-refractivity contribution < 1.29 is 0 Å². The van der Waals surface area contributed by atoms with Crippen molar-refractivity contribution in [2.45, 2.75) is 13.8 Å². The van der Waals surface area contributed by atoms with Gasteiger partial charge in [-0.15, -0.1) is 0 Å². The van der Waals surface area contributed by atoms with Crippen LogP contribution in [0.25, 0.3) is 5.65 Å². The van der Waals surface area contributed by atoms with Crippen LogP contribution in [0.4, 0.5) is 0 Å². The first-order chi connectivity index (χ1) is 5.29. The lowest BCUT2D eigenvalue weighted by atomic mass is 10.3. The zero-order valence-electron chi connectivity index (χ0n) is 6.57. The molecule has 0 saturated carbocycles. The number of imidazole rings is 1. The zero-order chi connectivity index (χ0) is 7.84. The fraction of sp³-hybridized carbons (Fsp3) is 0.250. The van der Waals surface area contributed by atoms with E-state index in [1.54, 1.807) is 6.20 Å². The molecule has 2 heterocycles. The van der Waals surface area contributed by atoms with Crippen LogP contribution in [0, 0.1) is 13.8 Å². The van der Waals surface area contributed by atoms with Crippen molar-refractivity contribution in [3.8, 4) is 0 Å². The number of aromatic nitrogens is 3. The predicted octanol–water partition coefficient (Wildman–Crippen LogP) is 1.35. The van der Waals surface area contributed by atoms with E-state index < -0.39 is 0 Å². The summed E-state index contributed by atoms with van der Waals surface area (Å²) in [6, 6.07) is 1.96. The van der Waals surface area contributed by atoms with Gasteiger partial charge in [-0.05, 0) is 25.5 Å². The molecule has 2 rings (SSSR count). The predicted molar refractivity (Wildman–Crippen MR) is 42.5 cm³/mol. The molecule has 0 aliphatic rings. The first-order valence-corrected chi connectivity index (χ1v) is 3.55. The molecule has 0 fully saturated rings. The smallest absolute Gasteiger partial charge is 0.156 e. The van der Waals surface area contributed by atoms with E-state index in [2.05, 4.69) is 10.1 Å². The Labute approximate surface area is 64.7 Å². The standard InChI is InChI=1S/C8H9N3/c1-6-3-4-10-11-7(2)5-9-8(6)11/h3-5H,1-2H3. The molecule has 56 valence electrons. The minimum absolute atomic E-state index is 0.949. The molecular formula is C8H9N3. The van der Waals surface area contributed by atoms with E-state index in [4.69, 9.17) is 0 Å². The van der Waals surface area contributed by atoms with E-state index >= 15 is 0 Å². The summed E-state index contributed by atoms with van der Waals surface area (Å²) in [5, 5.41) is 4.16. The highest BCUT2D eigenvalue weighted by molar-refractivity contribution is 5.45. The number of nitrogens with zero attached hydrogens (tertiary/aromatic N) is 3. The fourth-order valence-corrected chi connectivity index (χ4v) is 1.13. The second kappa shape index (κ2) is 2.05. The van der Waals surface area contributed by atoms with Crippen molar-refractivity contribution in [2.75, 3.05) is 0 Å². The van der Waals surface area contributed by atoms with Gasteiger partial charge in [-0.2, -0.15) is 5.10 Å². The molecular weight excluding hydrogens is 138 g/mol. The molecule has 0 aliphatic heterocycles. The Bertz CT molecular complexity index is 389. The number of rotatable bonds is 0. The van der Waals surface area contributed by atoms with Crippen molar-refractivity contribution >= 4 is 5.65 Å². The number of aryl methyl sites for hydroxylation is 2. The topological polar surface area (TPSA) is 30.2 Å². The van der Waals surface area contributed by atoms with Gasteiger partial charge in [-0.1, -0.05) is 0 Å². The van der Waals surface area contributed by atoms with Crippen molar-refractivity contribution in [3.63, 3.8) is 0 Å². The van der Waals surface area contributed by atoms with E-state index in [1.165, 1.54) is 0 Å². The van der Waals surface area contributed by atoms with Crippen LogP contribution in [-0.2, 0) is 0 Å². The average Bonchev–Trinajstić information content (AvgIpc) is 2.35. The zero-order valence-corrected chi connectivity index (χ0v) is 6.57. The molecule has 2 aromatic heterocycles. The van der Waals surface area contributed by atoms with Gasteiger partial charge in [0.15, 0.2) is 5.65 Å². The van der Waals surface area contributed by atoms with Crippen LogP contribution in [0.3, 0.4) is 0 Å². The van der Waals surface area contributed by atoms with Crippen molar-refractivity contribution in [2.24, 2.45) is 0 Å². The van der Waals surface area contributed by atoms with Gasteiger partial charge < -0.3 is 0 Å². The van der Waals surface area contributed by atoms with Crippen LogP contribution in [0.1, 0.15) is 11.3 Å².